The van der Waals surface area contributed by atoms with Crippen molar-refractivity contribution in [1.82, 2.24) is 15.0 Å². The van der Waals surface area contributed by atoms with Crippen LogP contribution in [0.1, 0.15) is 22.7 Å². The second-order valence-corrected chi connectivity index (χ2v) is 5.50. The Kier molecular flexibility index (Phi) is 3.35. The molecule has 0 fully saturated rings. The summed E-state index contributed by atoms with van der Waals surface area (Å²) in [4.78, 5) is 33.3. The van der Waals surface area contributed by atoms with Crippen LogP contribution in [-0.4, -0.2) is 15.0 Å². The molecular formula is C18H14N4O2. The summed E-state index contributed by atoms with van der Waals surface area (Å²) in [5, 5.41) is 3.15. The summed E-state index contributed by atoms with van der Waals surface area (Å²) in [7, 11) is 0. The second kappa shape index (κ2) is 5.66. The fourth-order valence-corrected chi connectivity index (χ4v) is 2.90. The van der Waals surface area contributed by atoms with Crippen molar-refractivity contribution < 1.29 is 0 Å². The lowest BCUT2D eigenvalue weighted by Crippen LogP contribution is -2.31. The first-order valence-electron chi connectivity index (χ1n) is 7.54. The lowest BCUT2D eigenvalue weighted by molar-refractivity contribution is 0.884. The van der Waals surface area contributed by atoms with E-state index in [0.717, 1.165) is 17.0 Å². The van der Waals surface area contributed by atoms with Crippen molar-refractivity contribution >= 4 is 11.5 Å². The van der Waals surface area contributed by atoms with Crippen molar-refractivity contribution in [3.63, 3.8) is 0 Å². The van der Waals surface area contributed by atoms with E-state index in [9.17, 15) is 9.59 Å². The predicted molar refractivity (Wildman–Crippen MR) is 91.8 cm³/mol. The maximum Gasteiger partial charge on any atom is 0.327 e. The van der Waals surface area contributed by atoms with E-state index in [-0.39, 0.29) is 5.92 Å². The van der Waals surface area contributed by atoms with Gasteiger partial charge in [0.2, 0.25) is 0 Å². The maximum absolute atomic E-state index is 12.3. The molecule has 6 nitrogen and oxygen atoms in total. The number of fused-ring (bicyclic) bond motifs is 1. The molecule has 6 heteroatoms. The van der Waals surface area contributed by atoms with Gasteiger partial charge in [-0.25, -0.2) is 4.79 Å². The van der Waals surface area contributed by atoms with E-state index in [1.807, 2.05) is 54.6 Å². The van der Waals surface area contributed by atoms with E-state index >= 15 is 0 Å². The molecule has 4 rings (SSSR count). The Morgan fingerprint density at radius 2 is 1.71 bits per heavy atom. The minimum atomic E-state index is -0.541. The molecule has 2 aromatic heterocycles. The molecule has 0 bridgehead atoms. The highest BCUT2D eigenvalue weighted by molar-refractivity contribution is 5.81. The molecule has 0 saturated heterocycles. The third-order valence-electron chi connectivity index (χ3n) is 3.97. The van der Waals surface area contributed by atoms with Gasteiger partial charge in [-0.2, -0.15) is 0 Å². The molecule has 0 radical (unpaired) electrons. The molecule has 0 aliphatic carbocycles. The van der Waals surface area contributed by atoms with Gasteiger partial charge < -0.3 is 5.32 Å². The number of hydrogen-bond donors (Lipinski definition) is 3. The minimum Gasteiger partial charge on any atom is -0.341 e. The zero-order valence-electron chi connectivity index (χ0n) is 12.6. The third-order valence-corrected chi connectivity index (χ3v) is 3.97. The van der Waals surface area contributed by atoms with E-state index in [2.05, 4.69) is 20.3 Å². The average Bonchev–Trinajstić information content (AvgIpc) is 2.62. The molecule has 24 heavy (non-hydrogen) atoms. The van der Waals surface area contributed by atoms with Gasteiger partial charge in [-0.3, -0.25) is 19.7 Å². The fourth-order valence-electron chi connectivity index (χ4n) is 2.90. The van der Waals surface area contributed by atoms with Crippen molar-refractivity contribution in [3.8, 4) is 0 Å². The first kappa shape index (κ1) is 14.2. The van der Waals surface area contributed by atoms with Crippen molar-refractivity contribution in [1.29, 1.82) is 0 Å². The molecule has 1 aliphatic heterocycles. The number of nitrogens with zero attached hydrogens (tertiary/aromatic N) is 1. The summed E-state index contributed by atoms with van der Waals surface area (Å²) in [5.74, 6) is 0.0546. The SMILES string of the molecule is O=c1[nH]c2c(c(=O)[nH]1)C(c1ccccn1)C=C(c1ccccc1)N2. The van der Waals surface area contributed by atoms with E-state index in [0.29, 0.717) is 11.4 Å². The van der Waals surface area contributed by atoms with Gasteiger partial charge in [0, 0.05) is 11.9 Å². The van der Waals surface area contributed by atoms with Crippen LogP contribution >= 0.6 is 0 Å². The number of benzene rings is 1. The Balaban J connectivity index is 1.94. The van der Waals surface area contributed by atoms with E-state index in [4.69, 9.17) is 0 Å². The van der Waals surface area contributed by atoms with Crippen molar-refractivity contribution in [2.24, 2.45) is 0 Å². The quantitative estimate of drug-likeness (QED) is 0.674. The lowest BCUT2D eigenvalue weighted by Gasteiger charge is -2.24. The molecular weight excluding hydrogens is 304 g/mol. The first-order chi connectivity index (χ1) is 11.7. The summed E-state index contributed by atoms with van der Waals surface area (Å²) in [6.45, 7) is 0. The number of rotatable bonds is 2. The van der Waals surface area contributed by atoms with Crippen molar-refractivity contribution in [2.45, 2.75) is 5.92 Å². The van der Waals surface area contributed by atoms with Crippen LogP contribution in [0.3, 0.4) is 0 Å². The number of hydrogen-bond acceptors (Lipinski definition) is 4. The van der Waals surface area contributed by atoms with Gasteiger partial charge in [0.05, 0.1) is 17.2 Å². The largest absolute Gasteiger partial charge is 0.341 e. The van der Waals surface area contributed by atoms with Gasteiger partial charge in [0.25, 0.3) is 5.56 Å². The monoisotopic (exact) mass is 318 g/mol. The zero-order valence-corrected chi connectivity index (χ0v) is 12.6. The molecule has 1 aliphatic rings. The molecule has 0 amide bonds. The van der Waals surface area contributed by atoms with Gasteiger partial charge >= 0.3 is 5.69 Å². The second-order valence-electron chi connectivity index (χ2n) is 5.50. The molecule has 3 N–H and O–H groups in total. The highest BCUT2D eigenvalue weighted by Crippen LogP contribution is 2.34. The molecule has 0 saturated carbocycles. The van der Waals surface area contributed by atoms with E-state index < -0.39 is 11.2 Å². The van der Waals surface area contributed by atoms with Gasteiger partial charge in [-0.15, -0.1) is 0 Å². The number of anilines is 1. The molecule has 3 aromatic rings. The van der Waals surface area contributed by atoms with Crippen LogP contribution in [0, 0.1) is 0 Å². The number of H-pyrrole nitrogens is 2. The maximum atomic E-state index is 12.3. The Morgan fingerprint density at radius 1 is 0.917 bits per heavy atom. The van der Waals surface area contributed by atoms with Crippen LogP contribution in [0.25, 0.3) is 5.70 Å². The highest BCUT2D eigenvalue weighted by atomic mass is 16.2. The molecule has 118 valence electrons. The summed E-state index contributed by atoms with van der Waals surface area (Å²) in [6, 6.07) is 15.3. The molecule has 0 spiro atoms. The summed E-state index contributed by atoms with van der Waals surface area (Å²) in [6.07, 6.45) is 3.64. The smallest absolute Gasteiger partial charge is 0.327 e. The van der Waals surface area contributed by atoms with Crippen LogP contribution < -0.4 is 16.6 Å². The molecule has 3 heterocycles. The minimum absolute atomic E-state index is 0.349. The number of aromatic nitrogens is 3. The standard InChI is InChI=1S/C18H14N4O2/c23-17-15-12(13-8-4-5-9-19-13)10-14(11-6-2-1-3-7-11)20-16(15)21-18(24)22-17/h1-10,12H,(H3,20,21,22,23,24). The highest BCUT2D eigenvalue weighted by Gasteiger charge is 2.27. The van der Waals surface area contributed by atoms with Gasteiger partial charge in [0.15, 0.2) is 0 Å². The summed E-state index contributed by atoms with van der Waals surface area (Å²) in [5.41, 5.74) is 2.02. The Morgan fingerprint density at radius 3 is 2.46 bits per heavy atom. The lowest BCUT2D eigenvalue weighted by atomic mass is 9.91. The van der Waals surface area contributed by atoms with Gasteiger partial charge in [0.1, 0.15) is 5.82 Å². The van der Waals surface area contributed by atoms with Crippen molar-refractivity contribution in [3.05, 3.63) is 98.5 Å². The van der Waals surface area contributed by atoms with E-state index in [1.54, 1.807) is 6.20 Å². The number of aromatic amines is 2. The Bertz CT molecular complexity index is 1020. The molecule has 1 unspecified atom stereocenters. The zero-order chi connectivity index (χ0) is 16.5. The van der Waals surface area contributed by atoms with Gasteiger partial charge in [-0.1, -0.05) is 36.4 Å². The van der Waals surface area contributed by atoms with Crippen LogP contribution in [0.4, 0.5) is 5.82 Å². The van der Waals surface area contributed by atoms with Crippen LogP contribution in [-0.2, 0) is 0 Å². The average molecular weight is 318 g/mol. The van der Waals surface area contributed by atoms with Crippen LogP contribution in [0.15, 0.2) is 70.4 Å². The number of pyridine rings is 1. The van der Waals surface area contributed by atoms with Crippen LogP contribution in [0.2, 0.25) is 0 Å². The summed E-state index contributed by atoms with van der Waals surface area (Å²) < 4.78 is 0. The summed E-state index contributed by atoms with van der Waals surface area (Å²) >= 11 is 0. The Hall–Kier alpha value is -3.41. The molecule has 1 atom stereocenters. The van der Waals surface area contributed by atoms with E-state index in [1.165, 1.54) is 0 Å². The fraction of sp³-hybridized carbons (Fsp3) is 0.0556. The molecule has 1 aromatic carbocycles. The van der Waals surface area contributed by atoms with Crippen LogP contribution in [0.5, 0.6) is 0 Å². The number of allylic oxidation sites excluding steroid dienone is 1. The van der Waals surface area contributed by atoms with Gasteiger partial charge in [-0.05, 0) is 23.8 Å². The Labute approximate surface area is 136 Å². The third kappa shape index (κ3) is 2.44. The first-order valence-corrected chi connectivity index (χ1v) is 7.54. The topological polar surface area (TPSA) is 90.6 Å². The normalized spacial score (nSPS) is 16.0. The van der Waals surface area contributed by atoms with Crippen molar-refractivity contribution in [2.75, 3.05) is 5.32 Å². The predicted octanol–water partition coefficient (Wildman–Crippen LogP) is 2.06. The number of nitrogens with one attached hydrogen (secondary N) is 3.